The molecule has 1 aliphatic heterocycles. The maximum atomic E-state index is 12.2. The second kappa shape index (κ2) is 6.17. The second-order valence-electron chi connectivity index (χ2n) is 4.54. The molecule has 2 rings (SSSR count). The number of carbonyl (C=O) groups excluding carboxylic acids is 1. The number of fused-ring (bicyclic) bond motifs is 1. The van der Waals surface area contributed by atoms with Crippen LogP contribution in [-0.4, -0.2) is 39.3 Å². The van der Waals surface area contributed by atoms with Crippen molar-refractivity contribution in [2.75, 3.05) is 23.1 Å². The Bertz CT molecular complexity index is 642. The summed E-state index contributed by atoms with van der Waals surface area (Å²) in [5.74, 6) is -0.0114. The zero-order valence-electron chi connectivity index (χ0n) is 11.8. The number of sulfonamides is 1. The molecule has 1 N–H and O–H groups in total. The highest BCUT2D eigenvalue weighted by Gasteiger charge is 2.35. The molecule has 21 heavy (non-hydrogen) atoms. The van der Waals surface area contributed by atoms with Gasteiger partial charge in [-0.25, -0.2) is 8.42 Å². The molecule has 6 nitrogen and oxygen atoms in total. The van der Waals surface area contributed by atoms with Gasteiger partial charge in [0, 0.05) is 6.54 Å². The Morgan fingerprint density at radius 3 is 2.90 bits per heavy atom. The zero-order valence-corrected chi connectivity index (χ0v) is 12.6. The number of carbonyl (C=O) groups is 1. The Morgan fingerprint density at radius 1 is 1.52 bits per heavy atom. The third kappa shape index (κ3) is 3.18. The van der Waals surface area contributed by atoms with Gasteiger partial charge in [0.1, 0.15) is 5.75 Å². The topological polar surface area (TPSA) is 75.7 Å². The lowest BCUT2D eigenvalue weighted by atomic mass is 10.2. The molecular weight excluding hydrogens is 292 g/mol. The Kier molecular flexibility index (Phi) is 4.52. The third-order valence-electron chi connectivity index (χ3n) is 3.15. The van der Waals surface area contributed by atoms with Gasteiger partial charge in [-0.3, -0.25) is 9.10 Å². The first kappa shape index (κ1) is 15.4. The van der Waals surface area contributed by atoms with Crippen molar-refractivity contribution < 1.29 is 17.9 Å². The molecule has 1 heterocycles. The van der Waals surface area contributed by atoms with E-state index >= 15 is 0 Å². The molecule has 1 aromatic rings. The number of hydrogen-bond acceptors (Lipinski definition) is 4. The summed E-state index contributed by atoms with van der Waals surface area (Å²) in [6.45, 7) is 5.36. The lowest BCUT2D eigenvalue weighted by Gasteiger charge is -2.34. The first-order valence-corrected chi connectivity index (χ1v) is 8.25. The van der Waals surface area contributed by atoms with Crippen molar-refractivity contribution in [2.45, 2.75) is 13.0 Å². The monoisotopic (exact) mass is 310 g/mol. The minimum atomic E-state index is -3.47. The fourth-order valence-electron chi connectivity index (χ4n) is 2.04. The van der Waals surface area contributed by atoms with E-state index < -0.39 is 16.1 Å². The van der Waals surface area contributed by atoms with Crippen LogP contribution in [0.5, 0.6) is 5.75 Å². The summed E-state index contributed by atoms with van der Waals surface area (Å²) in [6.07, 6.45) is 0.677. The van der Waals surface area contributed by atoms with Crippen LogP contribution in [0.15, 0.2) is 36.9 Å². The van der Waals surface area contributed by atoms with Crippen LogP contribution in [0.3, 0.4) is 0 Å². The Balaban J connectivity index is 2.33. The van der Waals surface area contributed by atoms with Crippen LogP contribution in [0.4, 0.5) is 5.69 Å². The SMILES string of the molecule is C=CCNC(=O)[C@@H]1CN(S(=O)(=O)CC)c2ccccc2O1. The zero-order chi connectivity index (χ0) is 15.5. The van der Waals surface area contributed by atoms with E-state index in [0.29, 0.717) is 18.0 Å². The number of nitrogens with zero attached hydrogens (tertiary/aromatic N) is 1. The molecule has 0 aliphatic carbocycles. The van der Waals surface area contributed by atoms with Crippen molar-refractivity contribution in [2.24, 2.45) is 0 Å². The highest BCUT2D eigenvalue weighted by atomic mass is 32.2. The Hall–Kier alpha value is -2.02. The van der Waals surface area contributed by atoms with Gasteiger partial charge < -0.3 is 10.1 Å². The van der Waals surface area contributed by atoms with Crippen LogP contribution in [-0.2, 0) is 14.8 Å². The number of hydrogen-bond donors (Lipinski definition) is 1. The van der Waals surface area contributed by atoms with Crippen molar-refractivity contribution in [3.8, 4) is 5.75 Å². The predicted molar refractivity (Wildman–Crippen MR) is 80.9 cm³/mol. The number of ether oxygens (including phenoxy) is 1. The second-order valence-corrected chi connectivity index (χ2v) is 6.72. The van der Waals surface area contributed by atoms with Gasteiger partial charge in [-0.15, -0.1) is 6.58 Å². The molecule has 0 spiro atoms. The minimum Gasteiger partial charge on any atom is -0.476 e. The van der Waals surface area contributed by atoms with Crippen LogP contribution in [0.25, 0.3) is 0 Å². The van der Waals surface area contributed by atoms with E-state index in [-0.39, 0.29) is 18.2 Å². The maximum absolute atomic E-state index is 12.2. The average molecular weight is 310 g/mol. The quantitative estimate of drug-likeness (QED) is 0.820. The molecule has 0 radical (unpaired) electrons. The summed E-state index contributed by atoms with van der Waals surface area (Å²) >= 11 is 0. The Morgan fingerprint density at radius 2 is 2.24 bits per heavy atom. The van der Waals surface area contributed by atoms with Crippen molar-refractivity contribution >= 4 is 21.6 Å². The number of para-hydroxylation sites is 2. The summed E-state index contributed by atoms with van der Waals surface area (Å²) in [6, 6.07) is 6.79. The van der Waals surface area contributed by atoms with Gasteiger partial charge in [0.15, 0.2) is 6.10 Å². The molecule has 0 bridgehead atoms. The van der Waals surface area contributed by atoms with Crippen molar-refractivity contribution in [3.05, 3.63) is 36.9 Å². The van der Waals surface area contributed by atoms with E-state index in [0.717, 1.165) is 0 Å². The van der Waals surface area contributed by atoms with E-state index in [1.165, 1.54) is 4.31 Å². The van der Waals surface area contributed by atoms with E-state index in [2.05, 4.69) is 11.9 Å². The molecule has 7 heteroatoms. The largest absolute Gasteiger partial charge is 0.476 e. The van der Waals surface area contributed by atoms with Crippen molar-refractivity contribution in [1.82, 2.24) is 5.32 Å². The average Bonchev–Trinajstić information content (AvgIpc) is 2.51. The number of nitrogens with one attached hydrogen (secondary N) is 1. The predicted octanol–water partition coefficient (Wildman–Crippen LogP) is 0.906. The molecular formula is C14H18N2O4S. The van der Waals surface area contributed by atoms with E-state index in [9.17, 15) is 13.2 Å². The van der Waals surface area contributed by atoms with Crippen molar-refractivity contribution in [1.29, 1.82) is 0 Å². The highest BCUT2D eigenvalue weighted by molar-refractivity contribution is 7.92. The van der Waals surface area contributed by atoms with Gasteiger partial charge in [0.2, 0.25) is 10.0 Å². The molecule has 1 amide bonds. The van der Waals surface area contributed by atoms with Crippen LogP contribution < -0.4 is 14.4 Å². The van der Waals surface area contributed by atoms with Gasteiger partial charge in [-0.05, 0) is 19.1 Å². The van der Waals surface area contributed by atoms with Crippen LogP contribution in [0.2, 0.25) is 0 Å². The van der Waals surface area contributed by atoms with Gasteiger partial charge in [0.25, 0.3) is 5.91 Å². The lowest BCUT2D eigenvalue weighted by Crippen LogP contribution is -2.51. The van der Waals surface area contributed by atoms with E-state index in [1.54, 1.807) is 37.3 Å². The first-order valence-electron chi connectivity index (χ1n) is 6.64. The number of benzene rings is 1. The summed E-state index contributed by atoms with van der Waals surface area (Å²) in [5, 5.41) is 2.62. The fourth-order valence-corrected chi connectivity index (χ4v) is 3.17. The van der Waals surface area contributed by atoms with Crippen molar-refractivity contribution in [3.63, 3.8) is 0 Å². The van der Waals surface area contributed by atoms with Crippen LogP contribution in [0, 0.1) is 0 Å². The number of anilines is 1. The third-order valence-corrected chi connectivity index (χ3v) is 4.90. The molecule has 1 aliphatic rings. The summed E-state index contributed by atoms with van der Waals surface area (Å²) < 4.78 is 31.3. The highest BCUT2D eigenvalue weighted by Crippen LogP contribution is 2.34. The first-order chi connectivity index (χ1) is 9.99. The molecule has 0 saturated carbocycles. The molecule has 0 saturated heterocycles. The van der Waals surface area contributed by atoms with Crippen LogP contribution in [0.1, 0.15) is 6.92 Å². The number of rotatable bonds is 5. The lowest BCUT2D eigenvalue weighted by molar-refractivity contribution is -0.127. The maximum Gasteiger partial charge on any atom is 0.263 e. The number of amides is 1. The molecule has 114 valence electrons. The smallest absolute Gasteiger partial charge is 0.263 e. The van der Waals surface area contributed by atoms with Gasteiger partial charge in [-0.1, -0.05) is 18.2 Å². The fraction of sp³-hybridized carbons (Fsp3) is 0.357. The van der Waals surface area contributed by atoms with Gasteiger partial charge in [-0.2, -0.15) is 0 Å². The van der Waals surface area contributed by atoms with E-state index in [1.807, 2.05) is 0 Å². The van der Waals surface area contributed by atoms with E-state index in [4.69, 9.17) is 4.74 Å². The van der Waals surface area contributed by atoms with Crippen LogP contribution >= 0.6 is 0 Å². The normalized spacial score (nSPS) is 17.6. The molecule has 0 fully saturated rings. The van der Waals surface area contributed by atoms with Gasteiger partial charge >= 0.3 is 0 Å². The molecule has 0 aromatic heterocycles. The molecule has 1 aromatic carbocycles. The molecule has 1 atom stereocenters. The Labute approximate surface area is 124 Å². The minimum absolute atomic E-state index is 0.0316. The summed E-state index contributed by atoms with van der Waals surface area (Å²) in [7, 11) is -3.47. The summed E-state index contributed by atoms with van der Waals surface area (Å²) in [4.78, 5) is 12.0. The molecule has 0 unspecified atom stereocenters. The summed E-state index contributed by atoms with van der Waals surface area (Å²) in [5.41, 5.74) is 0.465. The standard InChI is InChI=1S/C14H18N2O4S/c1-3-9-15-14(17)13-10-16(21(18,19)4-2)11-7-5-6-8-12(11)20-13/h3,5-8,13H,1,4,9-10H2,2H3,(H,15,17)/t13-/m0/s1. The van der Waals surface area contributed by atoms with Gasteiger partial charge in [0.05, 0.1) is 18.0 Å².